The molecule has 1 aliphatic heterocycles. The number of rotatable bonds is 12. The molecule has 44 heavy (non-hydrogen) atoms. The first-order valence-electron chi connectivity index (χ1n) is 15.1. The number of unbranched alkanes of at least 4 members (excludes halogenated alkanes) is 5. The minimum atomic E-state index is -4.57. The normalized spacial score (nSPS) is 15.4. The Morgan fingerprint density at radius 1 is 0.705 bits per heavy atom. The van der Waals surface area contributed by atoms with Crippen molar-refractivity contribution in [1.29, 1.82) is 0 Å². The van der Waals surface area contributed by atoms with Gasteiger partial charge in [-0.3, -0.25) is 0 Å². The van der Waals surface area contributed by atoms with Gasteiger partial charge in [0.2, 0.25) is 0 Å². The van der Waals surface area contributed by atoms with Crippen molar-refractivity contribution in [2.24, 2.45) is 0 Å². The first kappa shape index (κ1) is 32.5. The molecule has 7 heteroatoms. The fraction of sp³-hybridized carbons (Fsp3) is 0.243. The van der Waals surface area contributed by atoms with Crippen molar-refractivity contribution in [3.05, 3.63) is 114 Å². The van der Waals surface area contributed by atoms with Crippen LogP contribution in [0.4, 0.5) is 0 Å². The summed E-state index contributed by atoms with van der Waals surface area (Å²) in [4.78, 5) is 12.6. The molecule has 5 aromatic rings. The molecule has 0 fully saturated rings. The largest absolute Gasteiger partial charge is 1.00 e. The minimum Gasteiger partial charge on any atom is -0.736 e. The molecule has 1 atom stereocenters. The standard InChI is InChI=1S/C37H37O5P.Na/c1-2-27-14-16-29(17-15-27)26-40-24-10-6-4-3-5-7-11-28-18-21-33-31(25-28)20-23-35-37(33)36-32-13-9-8-12-30(32)19-22-34(36)41-43(38,39)42-35;/h2,8-9,12-23,25H,1,3-7,10-11,24,26H2,(H,38,39);/q;+1/p-1. The molecule has 220 valence electrons. The number of phosphoric acid groups is 1. The molecule has 1 aliphatic rings. The first-order chi connectivity index (χ1) is 21.0. The van der Waals surface area contributed by atoms with Gasteiger partial charge >= 0.3 is 37.4 Å². The second kappa shape index (κ2) is 14.9. The molecule has 0 radical (unpaired) electrons. The van der Waals surface area contributed by atoms with Gasteiger partial charge in [0.1, 0.15) is 11.5 Å². The molecular formula is C37H36NaO5P. The number of aryl methyl sites for hydroxylation is 1. The Morgan fingerprint density at radius 2 is 1.32 bits per heavy atom. The van der Waals surface area contributed by atoms with E-state index in [2.05, 4.69) is 49.0 Å². The van der Waals surface area contributed by atoms with Crippen LogP contribution in [0, 0.1) is 0 Å². The summed E-state index contributed by atoms with van der Waals surface area (Å²) in [5.74, 6) is 0.582. The van der Waals surface area contributed by atoms with Crippen LogP contribution in [0.3, 0.4) is 0 Å². The molecule has 0 amide bonds. The van der Waals surface area contributed by atoms with E-state index in [0.717, 1.165) is 64.1 Å². The third kappa shape index (κ3) is 7.66. The molecule has 0 aromatic heterocycles. The number of ether oxygens (including phenoxy) is 1. The monoisotopic (exact) mass is 614 g/mol. The molecule has 0 saturated heterocycles. The van der Waals surface area contributed by atoms with E-state index in [1.54, 1.807) is 12.1 Å². The summed E-state index contributed by atoms with van der Waals surface area (Å²) < 4.78 is 29.3. The van der Waals surface area contributed by atoms with Crippen molar-refractivity contribution in [1.82, 2.24) is 0 Å². The Hall–Kier alpha value is -2.89. The van der Waals surface area contributed by atoms with E-state index in [1.807, 2.05) is 42.5 Å². The molecule has 1 unspecified atom stereocenters. The molecule has 0 spiro atoms. The zero-order valence-electron chi connectivity index (χ0n) is 25.3. The Balaban J connectivity index is 0.00000384. The van der Waals surface area contributed by atoms with Crippen LogP contribution in [0.1, 0.15) is 55.2 Å². The Kier molecular flexibility index (Phi) is 11.0. The fourth-order valence-corrected chi connectivity index (χ4v) is 6.70. The topological polar surface area (TPSA) is 67.8 Å². The van der Waals surface area contributed by atoms with Crippen molar-refractivity contribution in [2.45, 2.75) is 51.6 Å². The smallest absolute Gasteiger partial charge is 0.736 e. The van der Waals surface area contributed by atoms with E-state index in [0.29, 0.717) is 12.4 Å². The fourth-order valence-electron chi connectivity index (χ4n) is 5.87. The molecule has 0 bridgehead atoms. The zero-order valence-corrected chi connectivity index (χ0v) is 28.2. The van der Waals surface area contributed by atoms with Crippen LogP contribution >= 0.6 is 7.82 Å². The predicted octanol–water partition coefficient (Wildman–Crippen LogP) is 6.65. The summed E-state index contributed by atoms with van der Waals surface area (Å²) in [6.07, 6.45) is 9.92. The van der Waals surface area contributed by atoms with Crippen LogP contribution in [0.25, 0.3) is 38.7 Å². The Labute approximate surface area is 281 Å². The van der Waals surface area contributed by atoms with E-state index in [1.165, 1.54) is 36.8 Å². The van der Waals surface area contributed by atoms with Crippen molar-refractivity contribution in [2.75, 3.05) is 6.61 Å². The maximum Gasteiger partial charge on any atom is 1.00 e. The zero-order chi connectivity index (χ0) is 29.6. The van der Waals surface area contributed by atoms with E-state index in [4.69, 9.17) is 13.8 Å². The van der Waals surface area contributed by atoms with E-state index < -0.39 is 7.82 Å². The third-order valence-electron chi connectivity index (χ3n) is 8.10. The second-order valence-corrected chi connectivity index (χ2v) is 12.4. The third-order valence-corrected chi connectivity index (χ3v) is 8.94. The van der Waals surface area contributed by atoms with Crippen LogP contribution in [0.15, 0.2) is 97.6 Å². The van der Waals surface area contributed by atoms with Gasteiger partial charge in [-0.2, -0.15) is 0 Å². The van der Waals surface area contributed by atoms with Gasteiger partial charge in [0.15, 0.2) is 0 Å². The van der Waals surface area contributed by atoms with Gasteiger partial charge in [-0.05, 0) is 69.6 Å². The Bertz CT molecular complexity index is 1800. The average Bonchev–Trinajstić information content (AvgIpc) is 3.14. The molecule has 5 aromatic carbocycles. The van der Waals surface area contributed by atoms with Crippen LogP contribution in [0.5, 0.6) is 11.5 Å². The quantitative estimate of drug-likeness (QED) is 0.0895. The van der Waals surface area contributed by atoms with Gasteiger partial charge < -0.3 is 18.7 Å². The summed E-state index contributed by atoms with van der Waals surface area (Å²) >= 11 is 0. The SMILES string of the molecule is C=Cc1ccc(COCCCCCCCCc2ccc3c4c(ccc3c2)OP(=O)([O-])Oc2ccc3ccccc3c2-4)cc1.[Na+]. The van der Waals surface area contributed by atoms with E-state index in [-0.39, 0.29) is 35.3 Å². The number of hydrogen-bond acceptors (Lipinski definition) is 5. The molecule has 6 rings (SSSR count). The van der Waals surface area contributed by atoms with Crippen LogP contribution in [0.2, 0.25) is 0 Å². The molecular weight excluding hydrogens is 578 g/mol. The molecule has 5 nitrogen and oxygen atoms in total. The predicted molar refractivity (Wildman–Crippen MR) is 173 cm³/mol. The van der Waals surface area contributed by atoms with Crippen LogP contribution in [-0.2, 0) is 22.3 Å². The van der Waals surface area contributed by atoms with Crippen molar-refractivity contribution >= 4 is 35.4 Å². The second-order valence-electron chi connectivity index (χ2n) is 11.2. The van der Waals surface area contributed by atoms with Crippen molar-refractivity contribution in [3.8, 4) is 22.6 Å². The van der Waals surface area contributed by atoms with Crippen molar-refractivity contribution in [3.63, 3.8) is 0 Å². The number of benzene rings is 5. The molecule has 0 N–H and O–H groups in total. The van der Waals surface area contributed by atoms with Gasteiger partial charge in [-0.25, -0.2) is 4.57 Å². The van der Waals surface area contributed by atoms with Gasteiger partial charge in [0.25, 0.3) is 0 Å². The molecule has 0 saturated carbocycles. The van der Waals surface area contributed by atoms with Crippen LogP contribution < -0.4 is 43.5 Å². The van der Waals surface area contributed by atoms with Gasteiger partial charge in [-0.15, -0.1) is 0 Å². The van der Waals surface area contributed by atoms with E-state index in [9.17, 15) is 9.46 Å². The first-order valence-corrected chi connectivity index (χ1v) is 16.5. The number of hydrogen-bond donors (Lipinski definition) is 0. The van der Waals surface area contributed by atoms with E-state index >= 15 is 0 Å². The molecule has 0 aliphatic carbocycles. The summed E-state index contributed by atoms with van der Waals surface area (Å²) in [5.41, 5.74) is 5.10. The number of phosphoric ester groups is 1. The summed E-state index contributed by atoms with van der Waals surface area (Å²) in [6.45, 7) is 5.25. The average molecular weight is 615 g/mol. The minimum absolute atomic E-state index is 0. The summed E-state index contributed by atoms with van der Waals surface area (Å²) in [6, 6.07) is 30.0. The van der Waals surface area contributed by atoms with Gasteiger partial charge in [0.05, 0.1) is 6.61 Å². The maximum absolute atomic E-state index is 12.6. The maximum atomic E-state index is 12.6. The van der Waals surface area contributed by atoms with Gasteiger partial charge in [-0.1, -0.05) is 117 Å². The van der Waals surface area contributed by atoms with Crippen LogP contribution in [-0.4, -0.2) is 6.61 Å². The van der Waals surface area contributed by atoms with Crippen molar-refractivity contribution < 1.29 is 52.8 Å². The van der Waals surface area contributed by atoms with Gasteiger partial charge in [0, 0.05) is 17.7 Å². The summed E-state index contributed by atoms with van der Waals surface area (Å²) in [7, 11) is -4.57. The number of fused-ring (bicyclic) bond motifs is 7. The Morgan fingerprint density at radius 3 is 2.05 bits per heavy atom. The summed E-state index contributed by atoms with van der Waals surface area (Å²) in [5, 5.41) is 3.93. The molecule has 1 heterocycles.